The third-order valence-electron chi connectivity index (χ3n) is 2.77. The lowest BCUT2D eigenvalue weighted by Crippen LogP contribution is -2.15. The Morgan fingerprint density at radius 3 is 1.44 bits per heavy atom. The van der Waals surface area contributed by atoms with Crippen LogP contribution in [0.1, 0.15) is 52.7 Å². The van der Waals surface area contributed by atoms with Crippen molar-refractivity contribution in [1.82, 2.24) is 0 Å². The van der Waals surface area contributed by atoms with Gasteiger partial charge in [-0.3, -0.25) is 0 Å². The van der Waals surface area contributed by atoms with Gasteiger partial charge in [0, 0.05) is 12.1 Å². The highest BCUT2D eigenvalue weighted by molar-refractivity contribution is 5.52. The predicted molar refractivity (Wildman–Crippen MR) is 68.6 cm³/mol. The molecule has 2 heteroatoms. The van der Waals surface area contributed by atoms with E-state index in [0.29, 0.717) is 5.69 Å². The van der Waals surface area contributed by atoms with Crippen LogP contribution in [0.15, 0.2) is 18.2 Å². The van der Waals surface area contributed by atoms with Crippen molar-refractivity contribution in [3.63, 3.8) is 0 Å². The molecule has 0 unspecified atom stereocenters. The van der Waals surface area contributed by atoms with Crippen LogP contribution >= 0.6 is 0 Å². The Kier molecular flexibility index (Phi) is 3.10. The van der Waals surface area contributed by atoms with E-state index in [-0.39, 0.29) is 10.8 Å². The smallest absolute Gasteiger partial charge is 0.0561 e. The summed E-state index contributed by atoms with van der Waals surface area (Å²) < 4.78 is 0. The van der Waals surface area contributed by atoms with Crippen LogP contribution in [-0.4, -0.2) is 0 Å². The summed E-state index contributed by atoms with van der Waals surface area (Å²) in [5.74, 6) is 0. The van der Waals surface area contributed by atoms with Crippen molar-refractivity contribution in [3.8, 4) is 0 Å². The fourth-order valence-corrected chi connectivity index (χ4v) is 1.53. The Bertz CT molecular complexity index is 393. The second-order valence-electron chi connectivity index (χ2n) is 6.37. The van der Waals surface area contributed by atoms with Gasteiger partial charge in [0.1, 0.15) is 0 Å². The number of hydrogen-bond acceptors (Lipinski definition) is 1. The summed E-state index contributed by atoms with van der Waals surface area (Å²) in [7, 11) is 0. The minimum absolute atomic E-state index is 0.0701. The minimum atomic E-state index is 0.0701. The topological polar surface area (TPSA) is 28.1 Å². The average Bonchev–Trinajstić information content (AvgIpc) is 2.14. The fraction of sp³-hybridized carbons (Fsp3) is 0.571. The van der Waals surface area contributed by atoms with Crippen LogP contribution in [0.3, 0.4) is 0 Å². The van der Waals surface area contributed by atoms with Gasteiger partial charge in [0.05, 0.1) is 0 Å². The SMILES string of the molecule is CC(C)(C)c1cc([N+]#N)cc(C(C)(C)C)c1. The Morgan fingerprint density at radius 2 is 1.19 bits per heavy atom. The summed E-state index contributed by atoms with van der Waals surface area (Å²) in [5.41, 5.74) is 3.18. The second-order valence-corrected chi connectivity index (χ2v) is 6.37. The molecule has 0 aliphatic heterocycles. The van der Waals surface area contributed by atoms with Crippen molar-refractivity contribution in [2.45, 2.75) is 52.4 Å². The highest BCUT2D eigenvalue weighted by atomic mass is 14.8. The molecule has 0 bridgehead atoms. The van der Waals surface area contributed by atoms with Gasteiger partial charge < -0.3 is 0 Å². The third kappa shape index (κ3) is 2.82. The molecular weight excluding hydrogens is 196 g/mol. The Balaban J connectivity index is 3.41. The summed E-state index contributed by atoms with van der Waals surface area (Å²) in [4.78, 5) is 3.32. The first-order chi connectivity index (χ1) is 7.14. The van der Waals surface area contributed by atoms with Crippen LogP contribution in [0.2, 0.25) is 0 Å². The molecule has 1 aromatic carbocycles. The molecule has 0 aromatic heterocycles. The second kappa shape index (κ2) is 3.90. The number of benzene rings is 1. The van der Waals surface area contributed by atoms with Gasteiger partial charge in [-0.1, -0.05) is 47.6 Å². The van der Waals surface area contributed by atoms with E-state index < -0.39 is 0 Å². The highest BCUT2D eigenvalue weighted by Gasteiger charge is 2.23. The van der Waals surface area contributed by atoms with E-state index in [9.17, 15) is 0 Å². The molecule has 0 aliphatic carbocycles. The van der Waals surface area contributed by atoms with E-state index >= 15 is 0 Å². The summed E-state index contributed by atoms with van der Waals surface area (Å²) in [6.07, 6.45) is 0. The van der Waals surface area contributed by atoms with Crippen LogP contribution in [-0.2, 0) is 10.8 Å². The van der Waals surface area contributed by atoms with Gasteiger partial charge in [-0.05, 0) is 22.0 Å². The van der Waals surface area contributed by atoms with Gasteiger partial charge in [0.2, 0.25) is 5.39 Å². The van der Waals surface area contributed by atoms with Crippen LogP contribution in [0.25, 0.3) is 4.98 Å². The van der Waals surface area contributed by atoms with Crippen LogP contribution in [0.4, 0.5) is 5.69 Å². The summed E-state index contributed by atoms with van der Waals surface area (Å²) in [6.45, 7) is 13.0. The molecule has 0 saturated carbocycles. The van der Waals surface area contributed by atoms with E-state index in [2.05, 4.69) is 52.6 Å². The monoisotopic (exact) mass is 217 g/mol. The molecule has 0 radical (unpaired) electrons. The molecule has 0 heterocycles. The molecule has 0 N–H and O–H groups in total. The number of diazo groups is 1. The maximum atomic E-state index is 8.94. The third-order valence-corrected chi connectivity index (χ3v) is 2.77. The molecule has 0 amide bonds. The van der Waals surface area contributed by atoms with Crippen LogP contribution in [0, 0.1) is 5.39 Å². The van der Waals surface area contributed by atoms with Crippen molar-refractivity contribution in [3.05, 3.63) is 34.3 Å². The number of nitrogens with zero attached hydrogens (tertiary/aromatic N) is 2. The molecule has 0 atom stereocenters. The van der Waals surface area contributed by atoms with Gasteiger partial charge in [0.25, 0.3) is 0 Å². The quantitative estimate of drug-likeness (QED) is 0.575. The van der Waals surface area contributed by atoms with Gasteiger partial charge in [-0.2, -0.15) is 0 Å². The Labute approximate surface area is 98.3 Å². The van der Waals surface area contributed by atoms with Crippen molar-refractivity contribution >= 4 is 5.69 Å². The van der Waals surface area contributed by atoms with E-state index in [0.717, 1.165) is 0 Å². The summed E-state index contributed by atoms with van der Waals surface area (Å²) >= 11 is 0. The van der Waals surface area contributed by atoms with Crippen molar-refractivity contribution in [2.24, 2.45) is 0 Å². The molecule has 0 aliphatic rings. The summed E-state index contributed by atoms with van der Waals surface area (Å²) in [5, 5.41) is 8.94. The Morgan fingerprint density at radius 1 is 0.812 bits per heavy atom. The highest BCUT2D eigenvalue weighted by Crippen LogP contribution is 2.32. The zero-order valence-electron chi connectivity index (χ0n) is 11.1. The lowest BCUT2D eigenvalue weighted by molar-refractivity contribution is 0.569. The lowest BCUT2D eigenvalue weighted by Gasteiger charge is -2.23. The van der Waals surface area contributed by atoms with Crippen molar-refractivity contribution in [1.29, 1.82) is 5.39 Å². The Hall–Kier alpha value is -1.36. The average molecular weight is 217 g/mol. The van der Waals surface area contributed by atoms with Gasteiger partial charge in [-0.15, -0.1) is 0 Å². The predicted octanol–water partition coefficient (Wildman–Crippen LogP) is 4.77. The molecule has 16 heavy (non-hydrogen) atoms. The molecular formula is C14H21N2+. The summed E-state index contributed by atoms with van der Waals surface area (Å²) in [6, 6.07) is 6.08. The number of rotatable bonds is 0. The molecule has 1 rings (SSSR count). The van der Waals surface area contributed by atoms with Crippen molar-refractivity contribution in [2.75, 3.05) is 0 Å². The first kappa shape index (κ1) is 12.7. The first-order valence-corrected chi connectivity index (χ1v) is 5.66. The zero-order valence-corrected chi connectivity index (χ0v) is 11.1. The van der Waals surface area contributed by atoms with Gasteiger partial charge in [0.15, 0.2) is 4.98 Å². The van der Waals surface area contributed by atoms with E-state index in [1.165, 1.54) is 11.1 Å². The zero-order chi connectivity index (χ0) is 12.6. The van der Waals surface area contributed by atoms with Crippen LogP contribution < -0.4 is 0 Å². The molecule has 1 aromatic rings. The lowest BCUT2D eigenvalue weighted by atomic mass is 9.80. The largest absolute Gasteiger partial charge is 0.385 e. The molecule has 0 saturated heterocycles. The van der Waals surface area contributed by atoms with E-state index in [1.807, 2.05) is 12.1 Å². The van der Waals surface area contributed by atoms with Crippen molar-refractivity contribution < 1.29 is 0 Å². The maximum absolute atomic E-state index is 8.94. The molecule has 0 spiro atoms. The van der Waals surface area contributed by atoms with Crippen LogP contribution in [0.5, 0.6) is 0 Å². The fourth-order valence-electron chi connectivity index (χ4n) is 1.53. The van der Waals surface area contributed by atoms with E-state index in [1.54, 1.807) is 0 Å². The van der Waals surface area contributed by atoms with E-state index in [4.69, 9.17) is 5.39 Å². The normalized spacial score (nSPS) is 12.3. The molecule has 0 fully saturated rings. The first-order valence-electron chi connectivity index (χ1n) is 5.66. The number of hydrogen-bond donors (Lipinski definition) is 0. The molecule has 86 valence electrons. The molecule has 2 nitrogen and oxygen atoms in total. The van der Waals surface area contributed by atoms with Gasteiger partial charge >= 0.3 is 5.69 Å². The van der Waals surface area contributed by atoms with Gasteiger partial charge in [-0.25, -0.2) is 0 Å². The standard InChI is InChI=1S/C14H21N2/c1-13(2,3)10-7-11(14(4,5)6)9-12(8-10)16-15/h7-9H,1-6H3/q+1. The minimum Gasteiger partial charge on any atom is -0.0561 e. The maximum Gasteiger partial charge on any atom is 0.385 e.